The van der Waals surface area contributed by atoms with Crippen molar-refractivity contribution >= 4 is 17.5 Å². The molecule has 0 saturated carbocycles. The van der Waals surface area contributed by atoms with E-state index >= 15 is 0 Å². The van der Waals surface area contributed by atoms with Crippen molar-refractivity contribution in [2.75, 3.05) is 13.1 Å². The van der Waals surface area contributed by atoms with Gasteiger partial charge in [-0.15, -0.1) is 0 Å². The van der Waals surface area contributed by atoms with Crippen molar-refractivity contribution in [1.29, 1.82) is 0 Å². The summed E-state index contributed by atoms with van der Waals surface area (Å²) in [6, 6.07) is 4.53. The van der Waals surface area contributed by atoms with Crippen molar-refractivity contribution in [2.45, 2.75) is 12.8 Å². The van der Waals surface area contributed by atoms with Crippen LogP contribution in [0.15, 0.2) is 18.2 Å². The van der Waals surface area contributed by atoms with Gasteiger partial charge in [-0.3, -0.25) is 4.79 Å². The highest BCUT2D eigenvalue weighted by Gasteiger charge is 2.02. The van der Waals surface area contributed by atoms with Crippen molar-refractivity contribution in [3.63, 3.8) is 0 Å². The summed E-state index contributed by atoms with van der Waals surface area (Å²) in [5.74, 6) is -0.506. The molecule has 0 fully saturated rings. The van der Waals surface area contributed by atoms with Gasteiger partial charge in [-0.2, -0.15) is 0 Å². The van der Waals surface area contributed by atoms with E-state index in [-0.39, 0.29) is 10.9 Å². The van der Waals surface area contributed by atoms with Crippen molar-refractivity contribution in [3.8, 4) is 0 Å². The van der Waals surface area contributed by atoms with Crippen molar-refractivity contribution in [2.24, 2.45) is 5.73 Å². The van der Waals surface area contributed by atoms with Crippen LogP contribution in [0.25, 0.3) is 0 Å². The summed E-state index contributed by atoms with van der Waals surface area (Å²) in [5, 5.41) is 2.81. The number of carbonyl (C=O) groups excluding carboxylic acids is 1. The SMILES string of the molecule is NCCC(=O)NCCc1ccc(F)c(Cl)c1. The van der Waals surface area contributed by atoms with E-state index in [0.29, 0.717) is 25.9 Å². The summed E-state index contributed by atoms with van der Waals surface area (Å²) in [4.78, 5) is 11.1. The molecule has 1 amide bonds. The van der Waals surface area contributed by atoms with Crippen LogP contribution in [0.1, 0.15) is 12.0 Å². The summed E-state index contributed by atoms with van der Waals surface area (Å²) in [5.41, 5.74) is 6.12. The highest BCUT2D eigenvalue weighted by atomic mass is 35.5. The van der Waals surface area contributed by atoms with E-state index in [1.807, 2.05) is 0 Å². The highest BCUT2D eigenvalue weighted by molar-refractivity contribution is 6.30. The van der Waals surface area contributed by atoms with E-state index in [9.17, 15) is 9.18 Å². The predicted octanol–water partition coefficient (Wildman–Crippen LogP) is 1.49. The van der Waals surface area contributed by atoms with Gasteiger partial charge in [0.1, 0.15) is 5.82 Å². The predicted molar refractivity (Wildman–Crippen MR) is 61.8 cm³/mol. The van der Waals surface area contributed by atoms with Gasteiger partial charge >= 0.3 is 0 Å². The third-order valence-electron chi connectivity index (χ3n) is 2.09. The molecule has 1 aromatic carbocycles. The Morgan fingerprint density at radius 1 is 1.50 bits per heavy atom. The molecule has 88 valence electrons. The van der Waals surface area contributed by atoms with Gasteiger partial charge < -0.3 is 11.1 Å². The molecule has 5 heteroatoms. The minimum absolute atomic E-state index is 0.0734. The topological polar surface area (TPSA) is 55.1 Å². The van der Waals surface area contributed by atoms with Crippen LogP contribution in [0.2, 0.25) is 5.02 Å². The zero-order chi connectivity index (χ0) is 12.0. The Hall–Kier alpha value is -1.13. The molecule has 0 aliphatic carbocycles. The first kappa shape index (κ1) is 12.9. The van der Waals surface area contributed by atoms with Gasteiger partial charge in [-0.05, 0) is 24.1 Å². The van der Waals surface area contributed by atoms with Gasteiger partial charge in [0, 0.05) is 19.5 Å². The first-order valence-electron chi connectivity index (χ1n) is 5.04. The first-order valence-corrected chi connectivity index (χ1v) is 5.42. The molecule has 0 saturated heterocycles. The van der Waals surface area contributed by atoms with Gasteiger partial charge in [-0.25, -0.2) is 4.39 Å². The maximum Gasteiger partial charge on any atom is 0.221 e. The molecule has 3 N–H and O–H groups in total. The number of rotatable bonds is 5. The Kier molecular flexibility index (Phi) is 5.22. The first-order chi connectivity index (χ1) is 7.63. The molecule has 0 spiro atoms. The molecule has 0 aliphatic rings. The quantitative estimate of drug-likeness (QED) is 0.825. The number of nitrogens with one attached hydrogen (secondary N) is 1. The lowest BCUT2D eigenvalue weighted by atomic mass is 10.1. The van der Waals surface area contributed by atoms with E-state index in [1.54, 1.807) is 12.1 Å². The zero-order valence-corrected chi connectivity index (χ0v) is 9.56. The molecule has 1 aromatic rings. The van der Waals surface area contributed by atoms with Crippen LogP contribution in [-0.2, 0) is 11.2 Å². The van der Waals surface area contributed by atoms with E-state index in [4.69, 9.17) is 17.3 Å². The fourth-order valence-electron chi connectivity index (χ4n) is 1.26. The van der Waals surface area contributed by atoms with Crippen molar-refractivity contribution in [3.05, 3.63) is 34.6 Å². The maximum absolute atomic E-state index is 12.8. The molecule has 0 unspecified atom stereocenters. The van der Waals surface area contributed by atoms with Crippen LogP contribution in [0.4, 0.5) is 4.39 Å². The number of nitrogens with two attached hydrogens (primary N) is 1. The highest BCUT2D eigenvalue weighted by Crippen LogP contribution is 2.15. The standard InChI is InChI=1S/C11H14ClFN2O/c12-9-7-8(1-2-10(9)13)4-6-15-11(16)3-5-14/h1-2,7H,3-6,14H2,(H,15,16). The summed E-state index contributed by atoms with van der Waals surface area (Å²) in [7, 11) is 0. The van der Waals surface area contributed by atoms with Gasteiger partial charge in [0.25, 0.3) is 0 Å². The Bertz CT molecular complexity index is 371. The normalized spacial score (nSPS) is 10.2. The molecule has 0 aliphatic heterocycles. The number of benzene rings is 1. The molecule has 0 bridgehead atoms. The molecule has 0 atom stereocenters. The number of halogens is 2. The van der Waals surface area contributed by atoms with Gasteiger partial charge in [0.05, 0.1) is 5.02 Å². The zero-order valence-electron chi connectivity index (χ0n) is 8.80. The molecule has 0 heterocycles. The number of hydrogen-bond acceptors (Lipinski definition) is 2. The molecule has 16 heavy (non-hydrogen) atoms. The minimum Gasteiger partial charge on any atom is -0.356 e. The lowest BCUT2D eigenvalue weighted by Gasteiger charge is -2.05. The summed E-state index contributed by atoms with van der Waals surface area (Å²) in [6.45, 7) is 0.842. The average Bonchev–Trinajstić information content (AvgIpc) is 2.24. The second-order valence-corrected chi connectivity index (χ2v) is 3.79. The van der Waals surface area contributed by atoms with Crippen LogP contribution >= 0.6 is 11.6 Å². The van der Waals surface area contributed by atoms with Crippen LogP contribution in [-0.4, -0.2) is 19.0 Å². The van der Waals surface area contributed by atoms with Gasteiger partial charge in [0.15, 0.2) is 0 Å². The Morgan fingerprint density at radius 3 is 2.88 bits per heavy atom. The molecule has 1 rings (SSSR count). The molecule has 3 nitrogen and oxygen atoms in total. The number of amides is 1. The lowest BCUT2D eigenvalue weighted by Crippen LogP contribution is -2.27. The third kappa shape index (κ3) is 4.16. The fraction of sp³-hybridized carbons (Fsp3) is 0.364. The Balaban J connectivity index is 2.37. The maximum atomic E-state index is 12.8. The summed E-state index contributed by atoms with van der Waals surface area (Å²) >= 11 is 5.63. The van der Waals surface area contributed by atoms with Crippen LogP contribution in [0, 0.1) is 5.82 Å². The second-order valence-electron chi connectivity index (χ2n) is 3.39. The van der Waals surface area contributed by atoms with Crippen molar-refractivity contribution in [1.82, 2.24) is 5.32 Å². The molecule has 0 aromatic heterocycles. The number of hydrogen-bond donors (Lipinski definition) is 2. The summed E-state index contributed by atoms with van der Waals surface area (Å²) < 4.78 is 12.8. The molecular formula is C11H14ClFN2O. The monoisotopic (exact) mass is 244 g/mol. The van der Waals surface area contributed by atoms with E-state index in [0.717, 1.165) is 5.56 Å². The van der Waals surface area contributed by atoms with Crippen LogP contribution in [0.3, 0.4) is 0 Å². The van der Waals surface area contributed by atoms with Gasteiger partial charge in [0.2, 0.25) is 5.91 Å². The average molecular weight is 245 g/mol. The van der Waals surface area contributed by atoms with Gasteiger partial charge in [-0.1, -0.05) is 17.7 Å². The van der Waals surface area contributed by atoms with E-state index in [1.165, 1.54) is 6.07 Å². The van der Waals surface area contributed by atoms with Crippen molar-refractivity contribution < 1.29 is 9.18 Å². The smallest absolute Gasteiger partial charge is 0.221 e. The van der Waals surface area contributed by atoms with Crippen LogP contribution in [0.5, 0.6) is 0 Å². The lowest BCUT2D eigenvalue weighted by molar-refractivity contribution is -0.120. The Labute approximate surface area is 98.8 Å². The largest absolute Gasteiger partial charge is 0.356 e. The minimum atomic E-state index is -0.433. The fourth-order valence-corrected chi connectivity index (χ4v) is 1.46. The van der Waals surface area contributed by atoms with E-state index in [2.05, 4.69) is 5.32 Å². The Morgan fingerprint density at radius 2 is 2.25 bits per heavy atom. The van der Waals surface area contributed by atoms with Crippen LogP contribution < -0.4 is 11.1 Å². The number of carbonyl (C=O) groups is 1. The second kappa shape index (κ2) is 6.45. The van der Waals surface area contributed by atoms with E-state index < -0.39 is 5.82 Å². The molecule has 0 radical (unpaired) electrons. The third-order valence-corrected chi connectivity index (χ3v) is 2.38. The molecular weight excluding hydrogens is 231 g/mol. The summed E-state index contributed by atoms with van der Waals surface area (Å²) in [6.07, 6.45) is 0.945.